The van der Waals surface area contributed by atoms with Crippen LogP contribution in [-0.2, 0) is 54.4 Å². The second kappa shape index (κ2) is 17.4. The molecule has 0 amide bonds. The molecule has 0 aliphatic heterocycles. The van der Waals surface area contributed by atoms with E-state index in [9.17, 15) is 9.59 Å². The summed E-state index contributed by atoms with van der Waals surface area (Å²) in [5.41, 5.74) is 21.6. The summed E-state index contributed by atoms with van der Waals surface area (Å²) in [6.07, 6.45) is 11.0. The van der Waals surface area contributed by atoms with Crippen molar-refractivity contribution in [3.63, 3.8) is 0 Å². The number of fused-ring (bicyclic) bond motifs is 6. The Balaban J connectivity index is 0.000000152. The molecule has 70 heavy (non-hydrogen) atoms. The molecule has 0 bridgehead atoms. The smallest absolute Gasteiger partial charge is 0.328 e. The van der Waals surface area contributed by atoms with Crippen LogP contribution in [0.3, 0.4) is 0 Å². The van der Waals surface area contributed by atoms with Gasteiger partial charge in [0.05, 0.1) is 57.0 Å². The number of hydrogen-bond donors (Lipinski definition) is 4. The van der Waals surface area contributed by atoms with Crippen LogP contribution < -0.4 is 33.5 Å². The van der Waals surface area contributed by atoms with Crippen LogP contribution in [0.15, 0.2) is 144 Å². The number of hydrogen-bond acceptors (Lipinski definition) is 12. The number of rotatable bonds is 10. The van der Waals surface area contributed by atoms with Crippen LogP contribution in [0.5, 0.6) is 0 Å². The third-order valence-electron chi connectivity index (χ3n) is 13.0. The fourth-order valence-electron chi connectivity index (χ4n) is 9.20. The standard InChI is InChI=1S/2C26H24N8O/c2*1-32-22-6-4-17(12-23(22)33(2)26(32)35)14-34-15-20-21(31-34)8-10-29-25(20)30-13-16-3-5-19-18(11-16)7-9-28-24(19)27/h2*3-12,15H,13-14H2,1-2H3,(H2,27,28)(H,29,30). The number of nitrogens with one attached hydrogen (secondary N) is 2. The van der Waals surface area contributed by atoms with Crippen LogP contribution in [0.2, 0.25) is 0 Å². The van der Waals surface area contributed by atoms with Gasteiger partial charge in [-0.2, -0.15) is 10.2 Å². The number of imidazole rings is 2. The summed E-state index contributed by atoms with van der Waals surface area (Å²) in [5, 5.41) is 22.3. The molecule has 12 rings (SSSR count). The monoisotopic (exact) mass is 928 g/mol. The first-order valence-electron chi connectivity index (χ1n) is 22.6. The van der Waals surface area contributed by atoms with E-state index in [2.05, 4.69) is 42.7 Å². The van der Waals surface area contributed by atoms with Gasteiger partial charge < -0.3 is 22.1 Å². The molecule has 348 valence electrons. The Kier molecular flexibility index (Phi) is 10.8. The SMILES string of the molecule is Cn1c(=O)n(C)c2cc(Cn3cc4c(NCc5ccc6c(N)nccc6c5)nccc4n3)ccc21.Cn1c(=O)n(C)c2cc(Cn3cc4c(NCc5ccc6c(N)nccc6c5)nccc4n3)ccc21. The number of anilines is 4. The molecule has 4 aromatic carbocycles. The zero-order valence-corrected chi connectivity index (χ0v) is 38.9. The molecule has 0 aliphatic carbocycles. The maximum Gasteiger partial charge on any atom is 0.328 e. The lowest BCUT2D eigenvalue weighted by atomic mass is 10.1. The average Bonchev–Trinajstić information content (AvgIpc) is 4.09. The highest BCUT2D eigenvalue weighted by atomic mass is 16.2. The summed E-state index contributed by atoms with van der Waals surface area (Å²) in [6, 6.07) is 32.2. The molecule has 8 aromatic heterocycles. The Labute approximate surface area is 399 Å². The van der Waals surface area contributed by atoms with Crippen molar-refractivity contribution in [2.45, 2.75) is 26.2 Å². The van der Waals surface area contributed by atoms with Crippen molar-refractivity contribution in [1.29, 1.82) is 0 Å². The van der Waals surface area contributed by atoms with Gasteiger partial charge in [0.15, 0.2) is 0 Å². The van der Waals surface area contributed by atoms with Crippen molar-refractivity contribution < 1.29 is 0 Å². The van der Waals surface area contributed by atoms with E-state index >= 15 is 0 Å². The number of aryl methyl sites for hydroxylation is 4. The number of benzene rings is 4. The van der Waals surface area contributed by atoms with Crippen LogP contribution in [0.4, 0.5) is 23.3 Å². The maximum atomic E-state index is 12.2. The first kappa shape index (κ1) is 43.3. The minimum absolute atomic E-state index is 0.0321. The summed E-state index contributed by atoms with van der Waals surface area (Å²) in [5.74, 6) is 2.64. The van der Waals surface area contributed by atoms with Crippen molar-refractivity contribution in [2.24, 2.45) is 28.2 Å². The third-order valence-corrected chi connectivity index (χ3v) is 13.0. The Bertz CT molecular complexity index is 3850. The van der Waals surface area contributed by atoms with Crippen molar-refractivity contribution in [2.75, 3.05) is 22.1 Å². The largest absolute Gasteiger partial charge is 0.383 e. The van der Waals surface area contributed by atoms with Crippen molar-refractivity contribution in [1.82, 2.24) is 57.8 Å². The van der Waals surface area contributed by atoms with E-state index in [0.717, 1.165) is 99.3 Å². The third kappa shape index (κ3) is 7.95. The highest BCUT2D eigenvalue weighted by molar-refractivity contribution is 5.93. The fraction of sp³-hybridized carbons (Fsp3) is 0.154. The number of nitrogens with two attached hydrogens (primary N) is 2. The van der Waals surface area contributed by atoms with Gasteiger partial charge in [0, 0.05) is 89.2 Å². The van der Waals surface area contributed by atoms with Gasteiger partial charge in [0.2, 0.25) is 0 Å². The Hall–Kier alpha value is -9.32. The minimum atomic E-state index is -0.0321. The van der Waals surface area contributed by atoms with E-state index in [1.54, 1.807) is 71.2 Å². The van der Waals surface area contributed by atoms with E-state index in [-0.39, 0.29) is 11.4 Å². The summed E-state index contributed by atoms with van der Waals surface area (Å²) in [7, 11) is 7.16. The van der Waals surface area contributed by atoms with Crippen molar-refractivity contribution >= 4 is 88.7 Å². The number of nitrogen functional groups attached to an aromatic ring is 2. The number of aromatic nitrogens is 12. The molecule has 18 nitrogen and oxygen atoms in total. The van der Waals surface area contributed by atoms with Gasteiger partial charge in [-0.15, -0.1) is 0 Å². The van der Waals surface area contributed by atoms with E-state index in [1.807, 2.05) is 107 Å². The van der Waals surface area contributed by atoms with Crippen LogP contribution in [0.1, 0.15) is 22.3 Å². The van der Waals surface area contributed by atoms with Crippen LogP contribution >= 0.6 is 0 Å². The second-order valence-corrected chi connectivity index (χ2v) is 17.5. The number of nitrogens with zero attached hydrogens (tertiary/aromatic N) is 12. The predicted octanol–water partition coefficient (Wildman–Crippen LogP) is 6.83. The summed E-state index contributed by atoms with van der Waals surface area (Å²) >= 11 is 0. The van der Waals surface area contributed by atoms with Gasteiger partial charge in [-0.3, -0.25) is 27.6 Å². The molecule has 18 heteroatoms. The van der Waals surface area contributed by atoms with Gasteiger partial charge in [0.25, 0.3) is 0 Å². The van der Waals surface area contributed by atoms with E-state index in [4.69, 9.17) is 21.7 Å². The van der Waals surface area contributed by atoms with Crippen molar-refractivity contribution in [3.8, 4) is 0 Å². The van der Waals surface area contributed by atoms with Gasteiger partial charge >= 0.3 is 11.4 Å². The topological polar surface area (TPSA) is 217 Å². The predicted molar refractivity (Wildman–Crippen MR) is 277 cm³/mol. The zero-order chi connectivity index (χ0) is 48.2. The van der Waals surface area contributed by atoms with Crippen LogP contribution in [0, 0.1) is 0 Å². The van der Waals surface area contributed by atoms with Crippen molar-refractivity contribution in [3.05, 3.63) is 177 Å². The molecular formula is C52H48N16O2. The van der Waals surface area contributed by atoms with Crippen LogP contribution in [-0.4, -0.2) is 57.8 Å². The lowest BCUT2D eigenvalue weighted by molar-refractivity contribution is 0.696. The minimum Gasteiger partial charge on any atom is -0.383 e. The molecule has 0 unspecified atom stereocenters. The second-order valence-electron chi connectivity index (χ2n) is 17.5. The van der Waals surface area contributed by atoms with Gasteiger partial charge in [-0.05, 0) is 93.7 Å². The zero-order valence-electron chi connectivity index (χ0n) is 38.9. The molecule has 12 aromatic rings. The number of pyridine rings is 4. The average molecular weight is 929 g/mol. The Morgan fingerprint density at radius 1 is 0.443 bits per heavy atom. The van der Waals surface area contributed by atoms with Gasteiger partial charge in [-0.1, -0.05) is 36.4 Å². The van der Waals surface area contributed by atoms with E-state index < -0.39 is 0 Å². The lowest BCUT2D eigenvalue weighted by Gasteiger charge is -2.08. The summed E-state index contributed by atoms with van der Waals surface area (Å²) < 4.78 is 10.5. The first-order chi connectivity index (χ1) is 33.9. The molecular weight excluding hydrogens is 881 g/mol. The van der Waals surface area contributed by atoms with E-state index in [1.165, 1.54) is 0 Å². The first-order valence-corrected chi connectivity index (χ1v) is 22.6. The molecule has 0 saturated heterocycles. The molecule has 0 atom stereocenters. The maximum absolute atomic E-state index is 12.2. The fourth-order valence-corrected chi connectivity index (χ4v) is 9.20. The van der Waals surface area contributed by atoms with E-state index in [0.29, 0.717) is 37.8 Å². The normalized spacial score (nSPS) is 11.6. The highest BCUT2D eigenvalue weighted by Crippen LogP contribution is 2.26. The Morgan fingerprint density at radius 2 is 0.843 bits per heavy atom. The van der Waals surface area contributed by atoms with Crippen LogP contribution in [0.25, 0.3) is 65.4 Å². The van der Waals surface area contributed by atoms with Gasteiger partial charge in [-0.25, -0.2) is 29.5 Å². The highest BCUT2D eigenvalue weighted by Gasteiger charge is 2.14. The molecule has 8 heterocycles. The summed E-state index contributed by atoms with van der Waals surface area (Å²) in [4.78, 5) is 41.9. The molecule has 0 saturated carbocycles. The lowest BCUT2D eigenvalue weighted by Crippen LogP contribution is -2.19. The Morgan fingerprint density at radius 3 is 1.29 bits per heavy atom. The summed E-state index contributed by atoms with van der Waals surface area (Å²) in [6.45, 7) is 2.42. The molecule has 0 aliphatic rings. The molecule has 0 fully saturated rings. The molecule has 0 radical (unpaired) electrons. The molecule has 0 spiro atoms. The quantitative estimate of drug-likeness (QED) is 0.111. The molecule has 6 N–H and O–H groups in total. The van der Waals surface area contributed by atoms with Gasteiger partial charge in [0.1, 0.15) is 23.3 Å².